The second-order valence-electron chi connectivity index (χ2n) is 7.52. The molecule has 0 unspecified atom stereocenters. The number of aromatic nitrogens is 3. The van der Waals surface area contributed by atoms with Crippen molar-refractivity contribution in [2.24, 2.45) is 0 Å². The Balaban J connectivity index is 1.84. The Labute approximate surface area is 184 Å². The molecule has 2 heterocycles. The first-order valence-corrected chi connectivity index (χ1v) is 10.3. The lowest BCUT2D eigenvalue weighted by Gasteiger charge is -2.18. The number of para-hydroxylation sites is 1. The van der Waals surface area contributed by atoms with Gasteiger partial charge >= 0.3 is 0 Å². The fourth-order valence-corrected chi connectivity index (χ4v) is 3.67. The van der Waals surface area contributed by atoms with E-state index >= 15 is 0 Å². The summed E-state index contributed by atoms with van der Waals surface area (Å²) < 4.78 is 11.8. The highest BCUT2D eigenvalue weighted by atomic mass is 16.5. The lowest BCUT2D eigenvalue weighted by atomic mass is 10.1. The molecule has 4 rings (SSSR count). The van der Waals surface area contributed by atoms with E-state index < -0.39 is 11.6 Å². The van der Waals surface area contributed by atoms with E-state index in [1.165, 1.54) is 4.68 Å². The van der Waals surface area contributed by atoms with Crippen LogP contribution in [-0.4, -0.2) is 28.0 Å². The molecule has 0 saturated carbocycles. The van der Waals surface area contributed by atoms with Crippen molar-refractivity contribution in [2.45, 2.75) is 33.2 Å². The number of nitrogens with one attached hydrogen (secondary N) is 1. The van der Waals surface area contributed by atoms with Crippen molar-refractivity contribution < 1.29 is 14.1 Å². The number of hydrogen-bond donors (Lipinski definition) is 1. The number of benzene rings is 2. The molecule has 0 fully saturated rings. The molecule has 32 heavy (non-hydrogen) atoms. The quantitative estimate of drug-likeness (QED) is 0.489. The molecule has 0 aliphatic carbocycles. The van der Waals surface area contributed by atoms with Crippen LogP contribution < -0.4 is 15.6 Å². The molecule has 8 heteroatoms. The van der Waals surface area contributed by atoms with Gasteiger partial charge < -0.3 is 14.6 Å². The van der Waals surface area contributed by atoms with Gasteiger partial charge in [-0.05, 0) is 56.2 Å². The summed E-state index contributed by atoms with van der Waals surface area (Å²) >= 11 is 0. The number of amides is 1. The molecule has 0 bridgehead atoms. The highest BCUT2D eigenvalue weighted by molar-refractivity contribution is 5.96. The van der Waals surface area contributed by atoms with Crippen LogP contribution in [0.1, 0.15) is 30.7 Å². The Bertz CT molecular complexity index is 1340. The lowest BCUT2D eigenvalue weighted by Crippen LogP contribution is -2.35. The molecule has 0 saturated heterocycles. The molecule has 4 aromatic rings. The lowest BCUT2D eigenvalue weighted by molar-refractivity contribution is -0.119. The molecule has 1 N–H and O–H groups in total. The monoisotopic (exact) mass is 432 g/mol. The highest BCUT2D eigenvalue weighted by Crippen LogP contribution is 2.29. The first-order chi connectivity index (χ1) is 15.4. The van der Waals surface area contributed by atoms with Gasteiger partial charge in [-0.15, -0.1) is 0 Å². The Morgan fingerprint density at radius 1 is 1.16 bits per heavy atom. The molecule has 8 nitrogen and oxygen atoms in total. The smallest absolute Gasteiger partial charge is 0.297 e. The van der Waals surface area contributed by atoms with E-state index in [1.54, 1.807) is 14.0 Å². The summed E-state index contributed by atoms with van der Waals surface area (Å²) in [5, 5.41) is 12.0. The molecule has 1 atom stereocenters. The molecule has 164 valence electrons. The molecule has 2 aromatic heterocycles. The Kier molecular flexibility index (Phi) is 5.77. The SMILES string of the molecule is CC[C@@H](C(=O)Nc1ccccc1C)n1nc(-c2ccc(OC)cc2)c2c(C)onc2c1=O. The topological polar surface area (TPSA) is 99.2 Å². The predicted octanol–water partition coefficient (Wildman–Crippen LogP) is 4.27. The van der Waals surface area contributed by atoms with Crippen molar-refractivity contribution in [3.8, 4) is 17.0 Å². The molecule has 2 aromatic carbocycles. The Morgan fingerprint density at radius 3 is 2.53 bits per heavy atom. The summed E-state index contributed by atoms with van der Waals surface area (Å²) in [5.74, 6) is 0.862. The number of methoxy groups -OCH3 is 1. The van der Waals surface area contributed by atoms with Crippen molar-refractivity contribution in [1.82, 2.24) is 14.9 Å². The molecule has 0 spiro atoms. The van der Waals surface area contributed by atoms with E-state index in [2.05, 4.69) is 15.6 Å². The van der Waals surface area contributed by atoms with Crippen molar-refractivity contribution in [3.63, 3.8) is 0 Å². The zero-order chi connectivity index (χ0) is 22.8. The van der Waals surface area contributed by atoms with Gasteiger partial charge in [0.25, 0.3) is 5.56 Å². The maximum Gasteiger partial charge on any atom is 0.297 e. The van der Waals surface area contributed by atoms with Crippen LogP contribution in [0.5, 0.6) is 5.75 Å². The second kappa shape index (κ2) is 8.66. The van der Waals surface area contributed by atoms with Crippen LogP contribution in [0.4, 0.5) is 5.69 Å². The van der Waals surface area contributed by atoms with Crippen LogP contribution in [0.3, 0.4) is 0 Å². The number of carbonyl (C=O) groups is 1. The van der Waals surface area contributed by atoms with Crippen LogP contribution in [0.2, 0.25) is 0 Å². The first kappa shape index (κ1) is 21.3. The number of aryl methyl sites for hydroxylation is 2. The maximum absolute atomic E-state index is 13.2. The first-order valence-electron chi connectivity index (χ1n) is 10.3. The fraction of sp³-hybridized carbons (Fsp3) is 0.250. The number of nitrogens with zero attached hydrogens (tertiary/aromatic N) is 3. The van der Waals surface area contributed by atoms with Crippen LogP contribution >= 0.6 is 0 Å². The van der Waals surface area contributed by atoms with Gasteiger partial charge in [0.1, 0.15) is 23.2 Å². The molecule has 0 aliphatic heterocycles. The number of ether oxygens (including phenoxy) is 1. The summed E-state index contributed by atoms with van der Waals surface area (Å²) in [6.45, 7) is 5.48. The summed E-state index contributed by atoms with van der Waals surface area (Å²) in [4.78, 5) is 26.4. The molecule has 1 amide bonds. The number of anilines is 1. The zero-order valence-electron chi connectivity index (χ0n) is 18.4. The van der Waals surface area contributed by atoms with Crippen LogP contribution in [0.15, 0.2) is 57.8 Å². The average Bonchev–Trinajstić information content (AvgIpc) is 3.19. The van der Waals surface area contributed by atoms with Gasteiger partial charge in [0.15, 0.2) is 5.52 Å². The van der Waals surface area contributed by atoms with E-state index in [0.29, 0.717) is 34.7 Å². The van der Waals surface area contributed by atoms with E-state index in [4.69, 9.17) is 9.26 Å². The van der Waals surface area contributed by atoms with Gasteiger partial charge in [-0.1, -0.05) is 30.3 Å². The van der Waals surface area contributed by atoms with Gasteiger partial charge in [-0.3, -0.25) is 9.59 Å². The van der Waals surface area contributed by atoms with Crippen molar-refractivity contribution in [3.05, 3.63) is 70.2 Å². The molecule has 0 radical (unpaired) electrons. The average molecular weight is 432 g/mol. The van der Waals surface area contributed by atoms with Crippen LogP contribution in [0.25, 0.3) is 22.2 Å². The maximum atomic E-state index is 13.2. The minimum absolute atomic E-state index is 0.144. The standard InChI is InChI=1S/C24H24N4O4/c1-5-19(23(29)25-18-9-7-6-8-14(18)2)28-24(30)22-20(15(3)32-27-22)21(26-28)16-10-12-17(31-4)13-11-16/h6-13,19H,5H2,1-4H3,(H,25,29)/t19-/m0/s1. The third-order valence-electron chi connectivity index (χ3n) is 5.47. The minimum Gasteiger partial charge on any atom is -0.497 e. The van der Waals surface area contributed by atoms with Crippen LogP contribution in [0, 0.1) is 13.8 Å². The van der Waals surface area contributed by atoms with Gasteiger partial charge in [-0.25, -0.2) is 4.68 Å². The molecular formula is C24H24N4O4. The number of rotatable bonds is 6. The van der Waals surface area contributed by atoms with Gasteiger partial charge in [-0.2, -0.15) is 5.10 Å². The summed E-state index contributed by atoms with van der Waals surface area (Å²) in [6.07, 6.45) is 0.370. The van der Waals surface area contributed by atoms with Crippen molar-refractivity contribution >= 4 is 22.5 Å². The van der Waals surface area contributed by atoms with E-state index in [1.807, 2.05) is 62.4 Å². The summed E-state index contributed by atoms with van der Waals surface area (Å²) in [5.41, 5.74) is 2.56. The third kappa shape index (κ3) is 3.75. The number of fused-ring (bicyclic) bond motifs is 1. The minimum atomic E-state index is -0.819. The summed E-state index contributed by atoms with van der Waals surface area (Å²) in [7, 11) is 1.59. The summed E-state index contributed by atoms with van der Waals surface area (Å²) in [6, 6.07) is 14.0. The second-order valence-corrected chi connectivity index (χ2v) is 7.52. The number of hydrogen-bond acceptors (Lipinski definition) is 6. The van der Waals surface area contributed by atoms with Gasteiger partial charge in [0.2, 0.25) is 5.91 Å². The Hall–Kier alpha value is -3.94. The third-order valence-corrected chi connectivity index (χ3v) is 5.47. The highest BCUT2D eigenvalue weighted by Gasteiger charge is 2.26. The zero-order valence-corrected chi connectivity index (χ0v) is 18.4. The number of carbonyl (C=O) groups excluding carboxylic acids is 1. The fourth-order valence-electron chi connectivity index (χ4n) is 3.67. The van der Waals surface area contributed by atoms with Gasteiger partial charge in [0.05, 0.1) is 12.5 Å². The van der Waals surface area contributed by atoms with Crippen molar-refractivity contribution in [1.29, 1.82) is 0 Å². The van der Waals surface area contributed by atoms with Crippen LogP contribution in [-0.2, 0) is 4.79 Å². The Morgan fingerprint density at radius 2 is 1.88 bits per heavy atom. The molecule has 0 aliphatic rings. The van der Waals surface area contributed by atoms with Gasteiger partial charge in [0, 0.05) is 11.3 Å². The van der Waals surface area contributed by atoms with Crippen molar-refractivity contribution in [2.75, 3.05) is 12.4 Å². The van der Waals surface area contributed by atoms with E-state index in [-0.39, 0.29) is 11.4 Å². The van der Waals surface area contributed by atoms with E-state index in [0.717, 1.165) is 11.1 Å². The van der Waals surface area contributed by atoms with E-state index in [9.17, 15) is 9.59 Å². The normalized spacial score (nSPS) is 12.0. The largest absolute Gasteiger partial charge is 0.497 e. The molecular weight excluding hydrogens is 408 g/mol. The predicted molar refractivity (Wildman–Crippen MR) is 122 cm³/mol.